The number of nitrogens with one attached hydrogen (secondary N) is 1. The van der Waals surface area contributed by atoms with E-state index in [-0.39, 0.29) is 17.5 Å². The molecule has 4 nitrogen and oxygen atoms in total. The number of guanidine groups is 1. The number of benzene rings is 2. The van der Waals surface area contributed by atoms with Crippen molar-refractivity contribution in [1.82, 2.24) is 0 Å². The van der Waals surface area contributed by atoms with Gasteiger partial charge < -0.3 is 16.2 Å². The summed E-state index contributed by atoms with van der Waals surface area (Å²) in [6.45, 7) is 0.0366. The van der Waals surface area contributed by atoms with Crippen LogP contribution in [0.25, 0.3) is 0 Å². The van der Waals surface area contributed by atoms with Crippen molar-refractivity contribution >= 4 is 23.2 Å². The second-order valence-electron chi connectivity index (χ2n) is 6.19. The van der Waals surface area contributed by atoms with Gasteiger partial charge in [-0.2, -0.15) is 0 Å². The van der Waals surface area contributed by atoms with Crippen LogP contribution in [0.5, 0.6) is 0 Å². The van der Waals surface area contributed by atoms with Crippen LogP contribution in [0.15, 0.2) is 41.4 Å². The van der Waals surface area contributed by atoms with Gasteiger partial charge in [0.2, 0.25) is 0 Å². The average molecular weight is 362 g/mol. The zero-order valence-corrected chi connectivity index (χ0v) is 14.6. The number of anilines is 1. The molecule has 2 aromatic rings. The number of aryl methyl sites for hydroxylation is 1. The molecule has 0 saturated heterocycles. The second-order valence-corrected chi connectivity index (χ2v) is 6.60. The first-order chi connectivity index (χ1) is 12.0. The molecule has 0 amide bonds. The van der Waals surface area contributed by atoms with Gasteiger partial charge in [-0.1, -0.05) is 29.8 Å². The summed E-state index contributed by atoms with van der Waals surface area (Å²) in [5.41, 5.74) is 9.96. The van der Waals surface area contributed by atoms with Crippen molar-refractivity contribution in [2.24, 2.45) is 10.7 Å². The minimum atomic E-state index is -0.947. The third-order valence-electron chi connectivity index (χ3n) is 4.42. The standard InChI is InChI=1S/C19H21ClFN3O/c20-15-9-8-13(10-16(15)21)18(25)11-23-19(22)24-17-7-3-5-12-4-1-2-6-14(12)17/h3,5,7-10,18,25H,1-2,4,6,11H2,(H3,22,23,24). The van der Waals surface area contributed by atoms with Crippen molar-refractivity contribution in [3.63, 3.8) is 0 Å². The minimum absolute atomic E-state index is 0.0227. The van der Waals surface area contributed by atoms with Crippen LogP contribution in [0.2, 0.25) is 5.02 Å². The lowest BCUT2D eigenvalue weighted by atomic mass is 9.90. The molecular formula is C19H21ClFN3O. The maximum Gasteiger partial charge on any atom is 0.193 e. The summed E-state index contributed by atoms with van der Waals surface area (Å²) >= 11 is 5.65. The molecule has 1 unspecified atom stereocenters. The molecule has 1 aliphatic carbocycles. The molecule has 25 heavy (non-hydrogen) atoms. The number of fused-ring (bicyclic) bond motifs is 1. The van der Waals surface area contributed by atoms with Gasteiger partial charge in [0, 0.05) is 5.69 Å². The van der Waals surface area contributed by atoms with E-state index in [0.29, 0.717) is 5.56 Å². The lowest BCUT2D eigenvalue weighted by Crippen LogP contribution is -2.25. The van der Waals surface area contributed by atoms with Gasteiger partial charge in [0.1, 0.15) is 5.82 Å². The van der Waals surface area contributed by atoms with Crippen LogP contribution < -0.4 is 11.1 Å². The number of rotatable bonds is 4. The molecule has 0 bridgehead atoms. The van der Waals surface area contributed by atoms with Crippen LogP contribution in [0.1, 0.15) is 35.6 Å². The summed E-state index contributed by atoms with van der Waals surface area (Å²) in [4.78, 5) is 4.17. The molecule has 4 N–H and O–H groups in total. The number of nitrogens with zero attached hydrogens (tertiary/aromatic N) is 1. The van der Waals surface area contributed by atoms with E-state index in [1.807, 2.05) is 12.1 Å². The Kier molecular flexibility index (Phi) is 5.56. The first kappa shape index (κ1) is 17.7. The van der Waals surface area contributed by atoms with Crippen LogP contribution in [0, 0.1) is 5.82 Å². The van der Waals surface area contributed by atoms with Gasteiger partial charge in [0.15, 0.2) is 5.96 Å². The van der Waals surface area contributed by atoms with Crippen molar-refractivity contribution in [3.05, 3.63) is 63.9 Å². The van der Waals surface area contributed by atoms with E-state index in [1.54, 1.807) is 6.07 Å². The fourth-order valence-corrected chi connectivity index (χ4v) is 3.20. The zero-order valence-electron chi connectivity index (χ0n) is 13.8. The molecule has 0 spiro atoms. The molecule has 0 radical (unpaired) electrons. The average Bonchev–Trinajstić information content (AvgIpc) is 2.62. The number of halogens is 2. The van der Waals surface area contributed by atoms with Crippen LogP contribution in [0.3, 0.4) is 0 Å². The highest BCUT2D eigenvalue weighted by molar-refractivity contribution is 6.30. The lowest BCUT2D eigenvalue weighted by Gasteiger charge is -2.20. The summed E-state index contributed by atoms with van der Waals surface area (Å²) in [7, 11) is 0. The Bertz CT molecular complexity index is 794. The zero-order chi connectivity index (χ0) is 17.8. The van der Waals surface area contributed by atoms with Gasteiger partial charge in [0.05, 0.1) is 17.7 Å². The maximum absolute atomic E-state index is 13.5. The SMILES string of the molecule is NC(=NCC(O)c1ccc(Cl)c(F)c1)Nc1cccc2c1CCCC2. The molecule has 0 aliphatic heterocycles. The Morgan fingerprint density at radius 1 is 1.28 bits per heavy atom. The van der Waals surface area contributed by atoms with E-state index in [0.717, 1.165) is 18.5 Å². The molecule has 0 saturated carbocycles. The van der Waals surface area contributed by atoms with Gasteiger partial charge >= 0.3 is 0 Å². The lowest BCUT2D eigenvalue weighted by molar-refractivity contribution is 0.187. The molecule has 6 heteroatoms. The highest BCUT2D eigenvalue weighted by Crippen LogP contribution is 2.27. The largest absolute Gasteiger partial charge is 0.386 e. The number of hydrogen-bond acceptors (Lipinski definition) is 2. The molecule has 0 aromatic heterocycles. The van der Waals surface area contributed by atoms with Crippen LogP contribution in [-0.2, 0) is 12.8 Å². The number of aliphatic imine (C=N–C) groups is 1. The van der Waals surface area contributed by atoms with Gasteiger partial charge in [-0.3, -0.25) is 4.99 Å². The fourth-order valence-electron chi connectivity index (χ4n) is 3.09. The van der Waals surface area contributed by atoms with Gasteiger partial charge in [-0.25, -0.2) is 4.39 Å². The fraction of sp³-hybridized carbons (Fsp3) is 0.316. The maximum atomic E-state index is 13.5. The topological polar surface area (TPSA) is 70.6 Å². The van der Waals surface area contributed by atoms with E-state index < -0.39 is 11.9 Å². The van der Waals surface area contributed by atoms with Crippen molar-refractivity contribution in [1.29, 1.82) is 0 Å². The van der Waals surface area contributed by atoms with Crippen LogP contribution in [0.4, 0.5) is 10.1 Å². The van der Waals surface area contributed by atoms with Crippen molar-refractivity contribution < 1.29 is 9.50 Å². The van der Waals surface area contributed by atoms with Gasteiger partial charge in [-0.15, -0.1) is 0 Å². The number of aliphatic hydroxyl groups excluding tert-OH is 1. The normalized spacial score (nSPS) is 15.6. The second kappa shape index (κ2) is 7.85. The quantitative estimate of drug-likeness (QED) is 0.572. The molecule has 0 fully saturated rings. The first-order valence-corrected chi connectivity index (χ1v) is 8.73. The van der Waals surface area contributed by atoms with E-state index in [4.69, 9.17) is 17.3 Å². The summed E-state index contributed by atoms with van der Waals surface area (Å²) in [5.74, 6) is -0.336. The summed E-state index contributed by atoms with van der Waals surface area (Å²) in [6, 6.07) is 10.3. The predicted octanol–water partition coefficient (Wildman–Crippen LogP) is 3.82. The Hall–Kier alpha value is -2.11. The highest BCUT2D eigenvalue weighted by atomic mass is 35.5. The summed E-state index contributed by atoms with van der Waals surface area (Å²) < 4.78 is 13.5. The molecule has 132 valence electrons. The monoisotopic (exact) mass is 361 g/mol. The van der Waals surface area contributed by atoms with Crippen molar-refractivity contribution in [3.8, 4) is 0 Å². The first-order valence-electron chi connectivity index (χ1n) is 8.35. The Morgan fingerprint density at radius 3 is 2.88 bits per heavy atom. The smallest absolute Gasteiger partial charge is 0.193 e. The molecule has 3 rings (SSSR count). The van der Waals surface area contributed by atoms with Crippen molar-refractivity contribution in [2.75, 3.05) is 11.9 Å². The molecule has 0 heterocycles. The van der Waals surface area contributed by atoms with Gasteiger partial charge in [-0.05, 0) is 60.6 Å². The molecular weight excluding hydrogens is 341 g/mol. The Labute approximate surface area is 151 Å². The minimum Gasteiger partial charge on any atom is -0.386 e. The van der Waals surface area contributed by atoms with Gasteiger partial charge in [0.25, 0.3) is 0 Å². The van der Waals surface area contributed by atoms with Crippen LogP contribution in [-0.4, -0.2) is 17.6 Å². The van der Waals surface area contributed by atoms with E-state index >= 15 is 0 Å². The summed E-state index contributed by atoms with van der Waals surface area (Å²) in [6.07, 6.45) is 3.55. The highest BCUT2D eigenvalue weighted by Gasteiger charge is 2.14. The number of nitrogens with two attached hydrogens (primary N) is 1. The Balaban J connectivity index is 1.67. The third kappa shape index (κ3) is 4.30. The number of aliphatic hydroxyl groups is 1. The Morgan fingerprint density at radius 2 is 2.08 bits per heavy atom. The number of hydrogen-bond donors (Lipinski definition) is 3. The molecule has 2 aromatic carbocycles. The molecule has 1 atom stereocenters. The third-order valence-corrected chi connectivity index (χ3v) is 4.73. The van der Waals surface area contributed by atoms with E-state index in [2.05, 4.69) is 16.4 Å². The summed E-state index contributed by atoms with van der Waals surface area (Å²) in [5, 5.41) is 13.3. The molecule has 1 aliphatic rings. The van der Waals surface area contributed by atoms with Crippen molar-refractivity contribution in [2.45, 2.75) is 31.8 Å². The van der Waals surface area contributed by atoms with E-state index in [1.165, 1.54) is 36.1 Å². The van der Waals surface area contributed by atoms with Crippen LogP contribution >= 0.6 is 11.6 Å². The predicted molar refractivity (Wildman–Crippen MR) is 99.6 cm³/mol. The van der Waals surface area contributed by atoms with E-state index in [9.17, 15) is 9.50 Å².